The number of aromatic nitrogens is 5. The molecule has 0 aromatic carbocycles. The molecule has 0 saturated heterocycles. The molecule has 0 aliphatic carbocycles. The molecule has 0 amide bonds. The Balaban J connectivity index is 1.37. The zero-order valence-corrected chi connectivity index (χ0v) is 18.2. The van der Waals surface area contributed by atoms with Crippen molar-refractivity contribution < 1.29 is 9.15 Å². The van der Waals surface area contributed by atoms with E-state index in [2.05, 4.69) is 59.7 Å². The van der Waals surface area contributed by atoms with Gasteiger partial charge in [-0.05, 0) is 17.9 Å². The fraction of sp³-hybridized carbons (Fsp3) is 0.591. The summed E-state index contributed by atoms with van der Waals surface area (Å²) < 4.78 is 15.5. The average molecular weight is 400 g/mol. The van der Waals surface area contributed by atoms with Crippen LogP contribution in [-0.2, 0) is 17.8 Å². The van der Waals surface area contributed by atoms with Crippen LogP contribution in [0, 0.1) is 6.92 Å². The van der Waals surface area contributed by atoms with Gasteiger partial charge in [0.15, 0.2) is 5.89 Å². The van der Waals surface area contributed by atoms with Gasteiger partial charge in [0.1, 0.15) is 5.76 Å². The molecule has 0 N–H and O–H groups in total. The van der Waals surface area contributed by atoms with Gasteiger partial charge in [0.05, 0.1) is 37.6 Å². The van der Waals surface area contributed by atoms with Crippen LogP contribution < -0.4 is 0 Å². The van der Waals surface area contributed by atoms with E-state index in [-0.39, 0.29) is 5.92 Å². The van der Waals surface area contributed by atoms with E-state index >= 15 is 0 Å². The third kappa shape index (κ3) is 6.03. The summed E-state index contributed by atoms with van der Waals surface area (Å²) in [4.78, 5) is 8.76. The van der Waals surface area contributed by atoms with Crippen LogP contribution in [0.15, 0.2) is 35.5 Å². The van der Waals surface area contributed by atoms with Crippen molar-refractivity contribution in [2.24, 2.45) is 0 Å². The van der Waals surface area contributed by atoms with Crippen molar-refractivity contribution in [3.63, 3.8) is 0 Å². The lowest BCUT2D eigenvalue weighted by Gasteiger charge is -2.10. The van der Waals surface area contributed by atoms with Gasteiger partial charge in [-0.3, -0.25) is 4.68 Å². The lowest BCUT2D eigenvalue weighted by molar-refractivity contribution is 0.118. The maximum Gasteiger partial charge on any atom is 0.191 e. The Morgan fingerprint density at radius 2 is 1.86 bits per heavy atom. The largest absolute Gasteiger partial charge is 0.446 e. The fourth-order valence-electron chi connectivity index (χ4n) is 3.21. The van der Waals surface area contributed by atoms with Crippen molar-refractivity contribution in [3.8, 4) is 0 Å². The van der Waals surface area contributed by atoms with Crippen LogP contribution in [-0.4, -0.2) is 37.5 Å². The first kappa shape index (κ1) is 21.3. The summed E-state index contributed by atoms with van der Waals surface area (Å²) in [6.45, 7) is 13.6. The minimum Gasteiger partial charge on any atom is -0.446 e. The molecule has 3 aromatic rings. The van der Waals surface area contributed by atoms with Crippen LogP contribution in [0.5, 0.6) is 0 Å². The summed E-state index contributed by atoms with van der Waals surface area (Å²) in [5.41, 5.74) is 2.37. The number of oxazole rings is 1. The number of imidazole rings is 1. The third-order valence-corrected chi connectivity index (χ3v) is 5.25. The molecular formula is C22H33N5O2. The van der Waals surface area contributed by atoms with E-state index in [1.54, 1.807) is 0 Å². The van der Waals surface area contributed by atoms with Crippen LogP contribution in [0.2, 0.25) is 0 Å². The number of nitrogens with zero attached hydrogens (tertiary/aromatic N) is 5. The SMILES string of the molecule is Cc1ncc(C(C)Cn2cnc(C(C)CCOCCn3cc(C(C)C)cn3)c2)o1. The normalized spacial score (nSPS) is 13.9. The molecular weight excluding hydrogens is 366 g/mol. The molecule has 0 aliphatic rings. The van der Waals surface area contributed by atoms with E-state index < -0.39 is 0 Å². The topological polar surface area (TPSA) is 70.9 Å². The van der Waals surface area contributed by atoms with Crippen molar-refractivity contribution in [1.82, 2.24) is 24.3 Å². The number of aryl methyl sites for hydroxylation is 1. The van der Waals surface area contributed by atoms with Crippen molar-refractivity contribution in [1.29, 1.82) is 0 Å². The summed E-state index contributed by atoms with van der Waals surface area (Å²) in [5.74, 6) is 2.75. The van der Waals surface area contributed by atoms with E-state index in [0.29, 0.717) is 24.3 Å². The van der Waals surface area contributed by atoms with E-state index in [1.165, 1.54) is 5.56 Å². The number of hydrogen-bond donors (Lipinski definition) is 0. The predicted octanol–water partition coefficient (Wildman–Crippen LogP) is 4.51. The second kappa shape index (κ2) is 9.87. The molecule has 7 nitrogen and oxygen atoms in total. The summed E-state index contributed by atoms with van der Waals surface area (Å²) >= 11 is 0. The molecule has 0 radical (unpaired) electrons. The minimum atomic E-state index is 0.260. The van der Waals surface area contributed by atoms with E-state index in [0.717, 1.165) is 37.6 Å². The van der Waals surface area contributed by atoms with Crippen LogP contribution in [0.25, 0.3) is 0 Å². The quantitative estimate of drug-likeness (QED) is 0.444. The molecule has 29 heavy (non-hydrogen) atoms. The summed E-state index contributed by atoms with van der Waals surface area (Å²) in [7, 11) is 0. The van der Waals surface area contributed by atoms with E-state index in [1.807, 2.05) is 30.3 Å². The van der Waals surface area contributed by atoms with Crippen LogP contribution >= 0.6 is 0 Å². The zero-order valence-electron chi connectivity index (χ0n) is 18.2. The van der Waals surface area contributed by atoms with Gasteiger partial charge < -0.3 is 13.7 Å². The molecule has 7 heteroatoms. The second-order valence-corrected chi connectivity index (χ2v) is 8.17. The van der Waals surface area contributed by atoms with E-state index in [4.69, 9.17) is 9.15 Å². The van der Waals surface area contributed by atoms with Crippen molar-refractivity contribution in [2.75, 3.05) is 13.2 Å². The van der Waals surface area contributed by atoms with Crippen LogP contribution in [0.4, 0.5) is 0 Å². The zero-order chi connectivity index (χ0) is 20.8. The Labute approximate surface area is 173 Å². The first-order valence-corrected chi connectivity index (χ1v) is 10.5. The van der Waals surface area contributed by atoms with Gasteiger partial charge in [-0.2, -0.15) is 5.10 Å². The molecule has 2 atom stereocenters. The summed E-state index contributed by atoms with van der Waals surface area (Å²) in [6.07, 6.45) is 10.8. The Bertz CT molecular complexity index is 879. The molecule has 0 spiro atoms. The standard InChI is InChI=1S/C22H33N5O2/c1-16(2)20-10-25-27(13-20)7-9-28-8-6-17(3)21-14-26(15-24-21)12-18(4)22-11-23-19(5)29-22/h10-11,13-18H,6-9,12H2,1-5H3. The second-order valence-electron chi connectivity index (χ2n) is 8.17. The average Bonchev–Trinajstić information content (AvgIpc) is 3.42. The van der Waals surface area contributed by atoms with Crippen molar-refractivity contribution in [2.45, 2.75) is 71.9 Å². The molecule has 0 fully saturated rings. The number of hydrogen-bond acceptors (Lipinski definition) is 5. The highest BCUT2D eigenvalue weighted by Gasteiger charge is 2.14. The van der Waals surface area contributed by atoms with Crippen molar-refractivity contribution >= 4 is 0 Å². The predicted molar refractivity (Wildman–Crippen MR) is 112 cm³/mol. The highest BCUT2D eigenvalue weighted by atomic mass is 16.5. The Hall–Kier alpha value is -2.41. The van der Waals surface area contributed by atoms with Gasteiger partial charge >= 0.3 is 0 Å². The smallest absolute Gasteiger partial charge is 0.191 e. The van der Waals surface area contributed by atoms with Crippen molar-refractivity contribution in [3.05, 3.63) is 54.0 Å². The Morgan fingerprint density at radius 1 is 1.03 bits per heavy atom. The molecule has 3 aromatic heterocycles. The van der Waals surface area contributed by atoms with Gasteiger partial charge in [-0.15, -0.1) is 0 Å². The highest BCUT2D eigenvalue weighted by molar-refractivity contribution is 5.08. The summed E-state index contributed by atoms with van der Waals surface area (Å²) in [5, 5.41) is 4.38. The first-order valence-electron chi connectivity index (χ1n) is 10.5. The molecule has 3 heterocycles. The van der Waals surface area contributed by atoms with Crippen LogP contribution in [0.1, 0.15) is 74.8 Å². The van der Waals surface area contributed by atoms with Gasteiger partial charge in [-0.25, -0.2) is 9.97 Å². The molecule has 0 aliphatic heterocycles. The van der Waals surface area contributed by atoms with Gasteiger partial charge in [-0.1, -0.05) is 27.7 Å². The van der Waals surface area contributed by atoms with Crippen LogP contribution in [0.3, 0.4) is 0 Å². The molecule has 3 rings (SSSR count). The number of rotatable bonds is 11. The lowest BCUT2D eigenvalue weighted by atomic mass is 10.1. The Morgan fingerprint density at radius 3 is 2.55 bits per heavy atom. The third-order valence-electron chi connectivity index (χ3n) is 5.25. The monoisotopic (exact) mass is 399 g/mol. The molecule has 0 bridgehead atoms. The lowest BCUT2D eigenvalue weighted by Crippen LogP contribution is -2.09. The van der Waals surface area contributed by atoms with Gasteiger partial charge in [0.2, 0.25) is 0 Å². The number of ether oxygens (including phenoxy) is 1. The highest BCUT2D eigenvalue weighted by Crippen LogP contribution is 2.21. The Kier molecular flexibility index (Phi) is 7.25. The van der Waals surface area contributed by atoms with E-state index in [9.17, 15) is 0 Å². The molecule has 0 saturated carbocycles. The molecule has 158 valence electrons. The maximum atomic E-state index is 5.82. The maximum absolute atomic E-state index is 5.82. The van der Waals surface area contributed by atoms with Gasteiger partial charge in [0, 0.05) is 44.3 Å². The van der Waals surface area contributed by atoms with Gasteiger partial charge in [0.25, 0.3) is 0 Å². The minimum absolute atomic E-state index is 0.260. The summed E-state index contributed by atoms with van der Waals surface area (Å²) in [6, 6.07) is 0. The molecule has 2 unspecified atom stereocenters. The fourth-order valence-corrected chi connectivity index (χ4v) is 3.21. The first-order chi connectivity index (χ1) is 13.9.